The number of pyridine rings is 1. The molecule has 2 saturated carbocycles. The second kappa shape index (κ2) is 9.63. The molecule has 38 heavy (non-hydrogen) atoms. The van der Waals surface area contributed by atoms with Gasteiger partial charge in [0.2, 0.25) is 0 Å². The van der Waals surface area contributed by atoms with Crippen LogP contribution < -0.4 is 10.2 Å². The first-order valence-corrected chi connectivity index (χ1v) is 14.2. The summed E-state index contributed by atoms with van der Waals surface area (Å²) in [4.78, 5) is 34.0. The fourth-order valence-electron chi connectivity index (χ4n) is 5.14. The maximum absolute atomic E-state index is 13.3. The zero-order chi connectivity index (χ0) is 25.6. The van der Waals surface area contributed by atoms with Crippen molar-refractivity contribution in [3.8, 4) is 16.5 Å². The molecule has 5 heterocycles. The molecule has 0 spiro atoms. The molecule has 196 valence electrons. The van der Waals surface area contributed by atoms with Gasteiger partial charge in [0.15, 0.2) is 10.8 Å². The van der Waals surface area contributed by atoms with E-state index in [-0.39, 0.29) is 12.0 Å². The van der Waals surface area contributed by atoms with Crippen molar-refractivity contribution < 1.29 is 9.53 Å². The van der Waals surface area contributed by atoms with Gasteiger partial charge in [0.25, 0.3) is 5.91 Å². The topological polar surface area (TPSA) is 103 Å². The summed E-state index contributed by atoms with van der Waals surface area (Å²) in [6, 6.07) is 2.37. The third-order valence-electron chi connectivity index (χ3n) is 7.63. The first-order chi connectivity index (χ1) is 18.7. The Morgan fingerprint density at radius 1 is 1.08 bits per heavy atom. The highest BCUT2D eigenvalue weighted by atomic mass is 32.1. The highest BCUT2D eigenvalue weighted by Gasteiger charge is 2.28. The predicted octanol–water partition coefficient (Wildman–Crippen LogP) is 4.67. The fourth-order valence-corrected chi connectivity index (χ4v) is 5.89. The summed E-state index contributed by atoms with van der Waals surface area (Å²) in [7, 11) is 1.78. The van der Waals surface area contributed by atoms with Crippen molar-refractivity contribution in [1.82, 2.24) is 29.1 Å². The van der Waals surface area contributed by atoms with Crippen molar-refractivity contribution >= 4 is 28.7 Å². The van der Waals surface area contributed by atoms with E-state index in [2.05, 4.69) is 40.9 Å². The van der Waals surface area contributed by atoms with Gasteiger partial charge in [-0.1, -0.05) is 0 Å². The van der Waals surface area contributed by atoms with Crippen molar-refractivity contribution in [2.75, 3.05) is 30.4 Å². The third kappa shape index (κ3) is 4.60. The van der Waals surface area contributed by atoms with E-state index in [4.69, 9.17) is 4.74 Å². The summed E-state index contributed by atoms with van der Waals surface area (Å²) in [5, 5.41) is 5.59. The number of rotatable bonds is 8. The lowest BCUT2D eigenvalue weighted by molar-refractivity contribution is 0.0819. The predicted molar refractivity (Wildman–Crippen MR) is 145 cm³/mol. The maximum atomic E-state index is 13.3. The number of ether oxygens (including phenoxy) is 1. The minimum Gasteiger partial charge on any atom is -0.381 e. The van der Waals surface area contributed by atoms with Crippen LogP contribution in [0.3, 0.4) is 0 Å². The Morgan fingerprint density at radius 3 is 2.68 bits per heavy atom. The number of carbonyl (C=O) groups excluding carboxylic acids is 1. The van der Waals surface area contributed by atoms with Gasteiger partial charge in [0.05, 0.1) is 35.7 Å². The van der Waals surface area contributed by atoms with Gasteiger partial charge in [-0.05, 0) is 44.6 Å². The number of thiazole rings is 1. The number of hydrogen-bond donors (Lipinski definition) is 1. The molecule has 1 N–H and O–H groups in total. The molecule has 10 nitrogen and oxygen atoms in total. The van der Waals surface area contributed by atoms with E-state index in [1.807, 2.05) is 40.9 Å². The summed E-state index contributed by atoms with van der Waals surface area (Å²) in [5.41, 5.74) is 3.35. The Hall–Kier alpha value is -3.57. The zero-order valence-corrected chi connectivity index (χ0v) is 22.1. The summed E-state index contributed by atoms with van der Waals surface area (Å²) in [6.07, 6.45) is 16.5. The zero-order valence-electron chi connectivity index (χ0n) is 21.3. The lowest BCUT2D eigenvalue weighted by Gasteiger charge is -2.34. The van der Waals surface area contributed by atoms with Crippen LogP contribution in [0, 0.1) is 0 Å². The van der Waals surface area contributed by atoms with Gasteiger partial charge in [-0.3, -0.25) is 4.79 Å². The molecule has 1 amide bonds. The van der Waals surface area contributed by atoms with Crippen LogP contribution in [0.1, 0.15) is 66.7 Å². The molecular weight excluding hydrogens is 500 g/mol. The highest BCUT2D eigenvalue weighted by Crippen LogP contribution is 2.40. The minimum absolute atomic E-state index is 0.285. The molecule has 3 fully saturated rings. The lowest BCUT2D eigenvalue weighted by atomic mass is 10.1. The quantitative estimate of drug-likeness (QED) is 0.353. The number of piperidine rings is 1. The minimum atomic E-state index is -0.291. The molecule has 2 aliphatic carbocycles. The van der Waals surface area contributed by atoms with Crippen LogP contribution in [0.4, 0.5) is 11.5 Å². The van der Waals surface area contributed by atoms with Crippen LogP contribution in [0.5, 0.6) is 0 Å². The number of carbonyl (C=O) groups is 1. The number of imidazole rings is 2. The maximum Gasteiger partial charge on any atom is 0.275 e. The largest absolute Gasteiger partial charge is 0.381 e. The van der Waals surface area contributed by atoms with Crippen molar-refractivity contribution in [2.45, 2.75) is 56.6 Å². The number of nitrogens with zero attached hydrogens (tertiary/aromatic N) is 7. The first-order valence-electron chi connectivity index (χ1n) is 13.3. The van der Waals surface area contributed by atoms with E-state index in [1.165, 1.54) is 37.0 Å². The Labute approximate surface area is 224 Å². The van der Waals surface area contributed by atoms with Gasteiger partial charge in [0.1, 0.15) is 11.5 Å². The number of aromatic nitrogens is 6. The smallest absolute Gasteiger partial charge is 0.275 e. The molecule has 3 aliphatic rings. The summed E-state index contributed by atoms with van der Waals surface area (Å²) in [6.45, 7) is 1.75. The normalized spacial score (nSPS) is 18.2. The molecular formula is C27H30N8O2S. The number of amides is 1. The van der Waals surface area contributed by atoms with Crippen LogP contribution in [-0.4, -0.2) is 61.3 Å². The van der Waals surface area contributed by atoms with Crippen molar-refractivity contribution in [1.29, 1.82) is 0 Å². The van der Waals surface area contributed by atoms with E-state index < -0.39 is 0 Å². The first kappa shape index (κ1) is 23.5. The Balaban J connectivity index is 1.15. The Kier molecular flexibility index (Phi) is 5.96. The van der Waals surface area contributed by atoms with Crippen LogP contribution in [0.25, 0.3) is 16.5 Å². The SMILES string of the molecule is COC1CCN(c2cnc(C(=O)Nc3csc(-c4nccn4C4CC4)n3)cc2-n2cnc(C3CC3)c2)CC1. The second-order valence-electron chi connectivity index (χ2n) is 10.3. The van der Waals surface area contributed by atoms with E-state index in [0.29, 0.717) is 23.5 Å². The van der Waals surface area contributed by atoms with E-state index >= 15 is 0 Å². The Bertz CT molecular complexity index is 1460. The molecule has 0 unspecified atom stereocenters. The molecule has 0 atom stereocenters. The van der Waals surface area contributed by atoms with E-state index in [1.54, 1.807) is 7.11 Å². The summed E-state index contributed by atoms with van der Waals surface area (Å²) >= 11 is 1.48. The van der Waals surface area contributed by atoms with Gasteiger partial charge in [-0.15, -0.1) is 11.3 Å². The van der Waals surface area contributed by atoms with Crippen LogP contribution in [-0.2, 0) is 4.74 Å². The summed E-state index contributed by atoms with van der Waals surface area (Å²) < 4.78 is 9.76. The van der Waals surface area contributed by atoms with Gasteiger partial charge in [-0.2, -0.15) is 0 Å². The van der Waals surface area contributed by atoms with Crippen LogP contribution in [0.15, 0.2) is 42.6 Å². The molecule has 0 bridgehead atoms. The molecule has 1 aliphatic heterocycles. The van der Waals surface area contributed by atoms with Gasteiger partial charge >= 0.3 is 0 Å². The second-order valence-corrected chi connectivity index (χ2v) is 11.2. The molecule has 11 heteroatoms. The highest BCUT2D eigenvalue weighted by molar-refractivity contribution is 7.13. The molecule has 1 saturated heterocycles. The molecule has 0 aromatic carbocycles. The Morgan fingerprint density at radius 2 is 1.92 bits per heavy atom. The lowest BCUT2D eigenvalue weighted by Crippen LogP contribution is -2.37. The van der Waals surface area contributed by atoms with Crippen LogP contribution in [0.2, 0.25) is 0 Å². The number of methoxy groups -OCH3 is 1. The standard InChI is InChI=1S/C27H30N8O2S/c1-37-19-6-9-33(10-7-19)23-13-29-20(12-22(23)34-14-21(30-16-34)17-2-3-17)26(36)31-24-15-38-27(32-24)25-28-8-11-35(25)18-4-5-18/h8,11-19H,2-7,9-10H2,1H3,(H,31,36). The van der Waals surface area contributed by atoms with Crippen molar-refractivity contribution in [3.05, 3.63) is 53.9 Å². The fraction of sp³-hybridized carbons (Fsp3) is 0.444. The van der Waals surface area contributed by atoms with Crippen LogP contribution >= 0.6 is 11.3 Å². The number of nitrogens with one attached hydrogen (secondary N) is 1. The molecule has 4 aromatic heterocycles. The molecule has 4 aromatic rings. The average molecular weight is 531 g/mol. The monoisotopic (exact) mass is 530 g/mol. The van der Waals surface area contributed by atoms with Crippen molar-refractivity contribution in [3.63, 3.8) is 0 Å². The average Bonchev–Trinajstić information content (AvgIpc) is 3.83. The third-order valence-corrected chi connectivity index (χ3v) is 8.47. The summed E-state index contributed by atoms with van der Waals surface area (Å²) in [5.74, 6) is 1.62. The van der Waals surface area contributed by atoms with Crippen molar-refractivity contribution in [2.24, 2.45) is 0 Å². The van der Waals surface area contributed by atoms with Gasteiger partial charge < -0.3 is 24.1 Å². The molecule has 7 rings (SSSR count). The molecule has 0 radical (unpaired) electrons. The van der Waals surface area contributed by atoms with Gasteiger partial charge in [-0.25, -0.2) is 19.9 Å². The van der Waals surface area contributed by atoms with E-state index in [0.717, 1.165) is 53.8 Å². The number of hydrogen-bond acceptors (Lipinski definition) is 8. The van der Waals surface area contributed by atoms with E-state index in [9.17, 15) is 4.79 Å². The van der Waals surface area contributed by atoms with Gasteiger partial charge in [0, 0.05) is 56.1 Å². The number of anilines is 2.